The Labute approximate surface area is 61.3 Å². The summed E-state index contributed by atoms with van der Waals surface area (Å²) in [5, 5.41) is 1.68. The van der Waals surface area contributed by atoms with E-state index < -0.39 is 0 Å². The number of hydrogen-bond donors (Lipinski definition) is 1. The molecule has 0 atom stereocenters. The molecule has 2 N–H and O–H groups in total. The van der Waals surface area contributed by atoms with Gasteiger partial charge in [0.25, 0.3) is 0 Å². The van der Waals surface area contributed by atoms with Crippen molar-refractivity contribution in [3.05, 3.63) is 0 Å². The minimum atomic E-state index is 0.889. The van der Waals surface area contributed by atoms with Crippen LogP contribution in [-0.4, -0.2) is 42.6 Å². The highest BCUT2D eigenvalue weighted by atomic mass is 15.6. The van der Waals surface area contributed by atoms with Gasteiger partial charge in [-0.2, -0.15) is 0 Å². The fourth-order valence-corrected chi connectivity index (χ4v) is 1.18. The quantitative estimate of drug-likeness (QED) is 0.501. The zero-order valence-corrected chi connectivity index (χ0v) is 6.54. The summed E-state index contributed by atoms with van der Waals surface area (Å²) in [6.45, 7) is 4.98. The number of nitrogens with two attached hydrogens (primary N) is 1. The van der Waals surface area contributed by atoms with E-state index in [9.17, 15) is 0 Å². The molecule has 1 aliphatic rings. The lowest BCUT2D eigenvalue weighted by molar-refractivity contribution is 0.487. The first kappa shape index (κ1) is 7.34. The van der Waals surface area contributed by atoms with E-state index in [2.05, 4.69) is 16.8 Å². The van der Waals surface area contributed by atoms with E-state index in [4.69, 9.17) is 5.84 Å². The topological polar surface area (TPSA) is 44.9 Å². The number of guanidine groups is 1. The van der Waals surface area contributed by atoms with E-state index in [1.807, 2.05) is 0 Å². The van der Waals surface area contributed by atoms with Gasteiger partial charge in [-0.1, -0.05) is 0 Å². The smallest absolute Gasteiger partial charge is 0.210 e. The first-order chi connectivity index (χ1) is 4.79. The van der Waals surface area contributed by atoms with Crippen LogP contribution < -0.4 is 5.84 Å². The Hall–Kier alpha value is -0.770. The van der Waals surface area contributed by atoms with Gasteiger partial charge < -0.3 is 4.90 Å². The summed E-state index contributed by atoms with van der Waals surface area (Å²) in [6, 6.07) is 0. The van der Waals surface area contributed by atoms with Crippen molar-refractivity contribution in [1.82, 2.24) is 9.91 Å². The molecule has 0 aromatic heterocycles. The van der Waals surface area contributed by atoms with Gasteiger partial charge in [-0.25, -0.2) is 5.84 Å². The van der Waals surface area contributed by atoms with E-state index >= 15 is 0 Å². The molecule has 4 heteroatoms. The zero-order chi connectivity index (χ0) is 7.56. The average Bonchev–Trinajstić information content (AvgIpc) is 2.30. The van der Waals surface area contributed by atoms with Crippen LogP contribution in [0.25, 0.3) is 0 Å². The molecule has 0 radical (unpaired) electrons. The molecule has 0 saturated carbocycles. The molecule has 0 unspecified atom stereocenters. The molecule has 4 nitrogen and oxygen atoms in total. The fourth-order valence-electron chi connectivity index (χ4n) is 1.18. The molecule has 0 aromatic carbocycles. The third-order valence-corrected chi connectivity index (χ3v) is 1.73. The van der Waals surface area contributed by atoms with Crippen LogP contribution in [0.5, 0.6) is 0 Å². The van der Waals surface area contributed by atoms with Crippen molar-refractivity contribution < 1.29 is 0 Å². The second-order valence-corrected chi connectivity index (χ2v) is 2.30. The fraction of sp³-hybridized carbons (Fsp3) is 0.833. The van der Waals surface area contributed by atoms with E-state index in [0.717, 1.165) is 25.6 Å². The normalized spacial score (nSPS) is 22.9. The molecule has 0 aliphatic carbocycles. The van der Waals surface area contributed by atoms with E-state index in [0.29, 0.717) is 0 Å². The Morgan fingerprint density at radius 3 is 2.70 bits per heavy atom. The largest absolute Gasteiger partial charge is 0.340 e. The predicted molar refractivity (Wildman–Crippen MR) is 41.5 cm³/mol. The number of rotatable bonds is 1. The molecule has 0 bridgehead atoms. The monoisotopic (exact) mass is 142 g/mol. The molecular weight excluding hydrogens is 128 g/mol. The molecule has 0 amide bonds. The Bertz CT molecular complexity index is 143. The first-order valence-corrected chi connectivity index (χ1v) is 3.53. The summed E-state index contributed by atoms with van der Waals surface area (Å²) < 4.78 is 0. The highest BCUT2D eigenvalue weighted by Gasteiger charge is 2.21. The van der Waals surface area contributed by atoms with Crippen molar-refractivity contribution in [3.8, 4) is 0 Å². The molecule has 1 fully saturated rings. The number of likely N-dealkylation sites (N-methyl/N-ethyl adjacent to an activating group) is 1. The molecule has 58 valence electrons. The van der Waals surface area contributed by atoms with Gasteiger partial charge in [-0.05, 0) is 6.92 Å². The maximum absolute atomic E-state index is 5.62. The van der Waals surface area contributed by atoms with Gasteiger partial charge in [0.05, 0.1) is 6.54 Å². The molecule has 1 aliphatic heterocycles. The molecule has 1 rings (SSSR count). The summed E-state index contributed by atoms with van der Waals surface area (Å²) in [4.78, 5) is 6.22. The summed E-state index contributed by atoms with van der Waals surface area (Å²) in [5.41, 5.74) is 0. The van der Waals surface area contributed by atoms with Gasteiger partial charge in [0.1, 0.15) is 0 Å². The van der Waals surface area contributed by atoms with Crippen LogP contribution in [0.15, 0.2) is 4.99 Å². The SMILES string of the molecule is CCN1CCN(N)C1=NC. The lowest BCUT2D eigenvalue weighted by Crippen LogP contribution is -2.37. The first-order valence-electron chi connectivity index (χ1n) is 3.53. The Balaban J connectivity index is 2.64. The lowest BCUT2D eigenvalue weighted by atomic mass is 10.6. The van der Waals surface area contributed by atoms with E-state index in [-0.39, 0.29) is 0 Å². The number of hydrazine groups is 1. The van der Waals surface area contributed by atoms with E-state index in [1.165, 1.54) is 0 Å². The number of hydrogen-bond acceptors (Lipinski definition) is 2. The van der Waals surface area contributed by atoms with Crippen molar-refractivity contribution in [3.63, 3.8) is 0 Å². The Morgan fingerprint density at radius 2 is 2.30 bits per heavy atom. The standard InChI is InChI=1S/C6H14N4/c1-3-9-4-5-10(7)6(9)8-2/h3-5,7H2,1-2H3. The van der Waals surface area contributed by atoms with Crippen molar-refractivity contribution in [2.45, 2.75) is 6.92 Å². The van der Waals surface area contributed by atoms with Crippen LogP contribution in [-0.2, 0) is 0 Å². The van der Waals surface area contributed by atoms with Crippen molar-refractivity contribution in [2.75, 3.05) is 26.7 Å². The van der Waals surface area contributed by atoms with Gasteiger partial charge >= 0.3 is 0 Å². The highest BCUT2D eigenvalue weighted by molar-refractivity contribution is 5.81. The van der Waals surface area contributed by atoms with Crippen LogP contribution >= 0.6 is 0 Å². The van der Waals surface area contributed by atoms with Gasteiger partial charge in [0, 0.05) is 20.1 Å². The maximum atomic E-state index is 5.62. The lowest BCUT2D eigenvalue weighted by Gasteiger charge is -2.16. The van der Waals surface area contributed by atoms with Crippen LogP contribution in [0.1, 0.15) is 6.92 Å². The summed E-state index contributed by atoms with van der Waals surface area (Å²) in [5.74, 6) is 6.52. The molecule has 0 spiro atoms. The van der Waals surface area contributed by atoms with Crippen molar-refractivity contribution in [2.24, 2.45) is 10.8 Å². The minimum Gasteiger partial charge on any atom is -0.340 e. The minimum absolute atomic E-state index is 0.889. The van der Waals surface area contributed by atoms with Crippen LogP contribution in [0.3, 0.4) is 0 Å². The molecule has 0 aromatic rings. The third kappa shape index (κ3) is 1.07. The van der Waals surface area contributed by atoms with Crippen molar-refractivity contribution in [1.29, 1.82) is 0 Å². The number of aliphatic imine (C=N–C) groups is 1. The molecule has 1 saturated heterocycles. The van der Waals surface area contributed by atoms with Gasteiger partial charge in [0.2, 0.25) is 5.96 Å². The average molecular weight is 142 g/mol. The second kappa shape index (κ2) is 2.88. The number of nitrogens with zero attached hydrogens (tertiary/aromatic N) is 3. The Kier molecular flexibility index (Phi) is 2.11. The third-order valence-electron chi connectivity index (χ3n) is 1.73. The summed E-state index contributed by atoms with van der Waals surface area (Å²) in [7, 11) is 1.77. The van der Waals surface area contributed by atoms with Gasteiger partial charge in [0.15, 0.2) is 0 Å². The summed E-state index contributed by atoms with van der Waals surface area (Å²) >= 11 is 0. The van der Waals surface area contributed by atoms with E-state index in [1.54, 1.807) is 12.1 Å². The zero-order valence-electron chi connectivity index (χ0n) is 6.54. The highest BCUT2D eigenvalue weighted by Crippen LogP contribution is 2.02. The Morgan fingerprint density at radius 1 is 1.60 bits per heavy atom. The second-order valence-electron chi connectivity index (χ2n) is 2.30. The van der Waals surface area contributed by atoms with Crippen LogP contribution in [0.2, 0.25) is 0 Å². The molecular formula is C6H14N4. The molecule has 1 heterocycles. The predicted octanol–water partition coefficient (Wildman–Crippen LogP) is -0.517. The summed E-state index contributed by atoms with van der Waals surface area (Å²) in [6.07, 6.45) is 0. The van der Waals surface area contributed by atoms with Crippen LogP contribution in [0, 0.1) is 0 Å². The van der Waals surface area contributed by atoms with Crippen LogP contribution in [0.4, 0.5) is 0 Å². The maximum Gasteiger partial charge on any atom is 0.210 e. The van der Waals surface area contributed by atoms with Crippen molar-refractivity contribution >= 4 is 5.96 Å². The van der Waals surface area contributed by atoms with Gasteiger partial charge in [-0.3, -0.25) is 10.0 Å². The van der Waals surface area contributed by atoms with Gasteiger partial charge in [-0.15, -0.1) is 0 Å². The molecule has 10 heavy (non-hydrogen) atoms.